The molecular formula is C10H12F10O. The highest BCUT2D eigenvalue weighted by Gasteiger charge is 2.47. The Balaban J connectivity index is 4.07. The standard InChI is InChI=1S/C10H12F10O/c11-5(7(13)14)9(17,18)1-3-21-4-2-10(19,20)6(12)8(15)16/h5-8H,1-4H2. The van der Waals surface area contributed by atoms with Gasteiger partial charge in [-0.3, -0.25) is 0 Å². The van der Waals surface area contributed by atoms with Gasteiger partial charge in [0.05, 0.1) is 13.2 Å². The van der Waals surface area contributed by atoms with Crippen LogP contribution in [-0.4, -0.2) is 50.3 Å². The Morgan fingerprint density at radius 1 is 0.619 bits per heavy atom. The lowest BCUT2D eigenvalue weighted by atomic mass is 10.1. The van der Waals surface area contributed by atoms with Gasteiger partial charge in [-0.2, -0.15) is 0 Å². The minimum Gasteiger partial charge on any atom is -0.381 e. The molecule has 0 aliphatic rings. The van der Waals surface area contributed by atoms with Gasteiger partial charge in [-0.15, -0.1) is 0 Å². The molecule has 0 fully saturated rings. The van der Waals surface area contributed by atoms with Gasteiger partial charge >= 0.3 is 0 Å². The van der Waals surface area contributed by atoms with Gasteiger partial charge < -0.3 is 4.74 Å². The zero-order valence-corrected chi connectivity index (χ0v) is 10.3. The van der Waals surface area contributed by atoms with Crippen molar-refractivity contribution in [3.63, 3.8) is 0 Å². The molecule has 0 bridgehead atoms. The predicted octanol–water partition coefficient (Wildman–Crippen LogP) is 4.26. The molecule has 0 heterocycles. The first-order chi connectivity index (χ1) is 9.42. The lowest BCUT2D eigenvalue weighted by Crippen LogP contribution is -2.38. The fourth-order valence-electron chi connectivity index (χ4n) is 1.16. The third-order valence-electron chi connectivity index (χ3n) is 2.41. The van der Waals surface area contributed by atoms with Gasteiger partial charge in [0.1, 0.15) is 0 Å². The molecule has 0 spiro atoms. The summed E-state index contributed by atoms with van der Waals surface area (Å²) >= 11 is 0. The molecule has 0 aliphatic carbocycles. The monoisotopic (exact) mass is 338 g/mol. The van der Waals surface area contributed by atoms with Gasteiger partial charge in [-0.25, -0.2) is 43.9 Å². The van der Waals surface area contributed by atoms with Crippen molar-refractivity contribution < 1.29 is 48.6 Å². The van der Waals surface area contributed by atoms with Crippen molar-refractivity contribution in [2.75, 3.05) is 13.2 Å². The average molecular weight is 338 g/mol. The summed E-state index contributed by atoms with van der Waals surface area (Å²) in [5, 5.41) is 0. The quantitative estimate of drug-likeness (QED) is 0.427. The van der Waals surface area contributed by atoms with Crippen molar-refractivity contribution in [1.82, 2.24) is 0 Å². The van der Waals surface area contributed by atoms with E-state index < -0.39 is 63.1 Å². The van der Waals surface area contributed by atoms with Crippen molar-refractivity contribution in [3.05, 3.63) is 0 Å². The minimum atomic E-state index is -4.43. The first kappa shape index (κ1) is 20.3. The summed E-state index contributed by atoms with van der Waals surface area (Å²) in [5.74, 6) is -8.86. The van der Waals surface area contributed by atoms with Crippen LogP contribution < -0.4 is 0 Å². The van der Waals surface area contributed by atoms with E-state index in [-0.39, 0.29) is 0 Å². The van der Waals surface area contributed by atoms with Crippen molar-refractivity contribution in [3.8, 4) is 0 Å². The van der Waals surface area contributed by atoms with Crippen molar-refractivity contribution >= 4 is 0 Å². The van der Waals surface area contributed by atoms with Gasteiger partial charge in [0.15, 0.2) is 0 Å². The highest BCUT2D eigenvalue weighted by molar-refractivity contribution is 4.80. The maximum absolute atomic E-state index is 12.7. The zero-order chi connectivity index (χ0) is 16.8. The van der Waals surface area contributed by atoms with E-state index in [2.05, 4.69) is 4.74 Å². The second-order valence-electron chi connectivity index (χ2n) is 4.11. The summed E-state index contributed by atoms with van der Waals surface area (Å²) in [5.41, 5.74) is 0. The van der Waals surface area contributed by atoms with E-state index in [1.807, 2.05) is 0 Å². The van der Waals surface area contributed by atoms with Gasteiger partial charge in [-0.05, 0) is 0 Å². The first-order valence-corrected chi connectivity index (χ1v) is 5.59. The smallest absolute Gasteiger partial charge is 0.286 e. The van der Waals surface area contributed by atoms with Crippen molar-refractivity contribution in [1.29, 1.82) is 0 Å². The molecule has 0 amide bonds. The molecule has 2 atom stereocenters. The molecule has 21 heavy (non-hydrogen) atoms. The number of ether oxygens (including phenoxy) is 1. The molecule has 0 saturated carbocycles. The Morgan fingerprint density at radius 3 is 1.14 bits per heavy atom. The Bertz CT molecular complexity index is 268. The van der Waals surface area contributed by atoms with Crippen LogP contribution in [0, 0.1) is 0 Å². The summed E-state index contributed by atoms with van der Waals surface area (Å²) in [6, 6.07) is 0. The maximum atomic E-state index is 12.7. The third kappa shape index (κ3) is 6.70. The average Bonchev–Trinajstić information content (AvgIpc) is 2.35. The van der Waals surface area contributed by atoms with E-state index in [4.69, 9.17) is 0 Å². The highest BCUT2D eigenvalue weighted by Crippen LogP contribution is 2.31. The first-order valence-electron chi connectivity index (χ1n) is 5.59. The largest absolute Gasteiger partial charge is 0.381 e. The molecule has 128 valence electrons. The molecule has 2 unspecified atom stereocenters. The molecule has 0 aromatic heterocycles. The highest BCUT2D eigenvalue weighted by atomic mass is 19.3. The normalized spacial score (nSPS) is 16.6. The SMILES string of the molecule is FC(F)C(F)C(F)(F)CCOCCC(F)(F)C(F)C(F)F. The van der Waals surface area contributed by atoms with Crippen LogP contribution in [0.5, 0.6) is 0 Å². The molecule has 0 saturated heterocycles. The molecular weight excluding hydrogens is 326 g/mol. The summed E-state index contributed by atoms with van der Waals surface area (Å²) in [6.07, 6.45) is -18.4. The van der Waals surface area contributed by atoms with Crippen LogP contribution in [-0.2, 0) is 4.74 Å². The Hall–Kier alpha value is -0.740. The predicted molar refractivity (Wildman–Crippen MR) is 51.7 cm³/mol. The number of rotatable bonds is 10. The lowest BCUT2D eigenvalue weighted by Gasteiger charge is -2.21. The summed E-state index contributed by atoms with van der Waals surface area (Å²) in [6.45, 7) is -2.14. The Kier molecular flexibility index (Phi) is 7.76. The Labute approximate surface area is 113 Å². The van der Waals surface area contributed by atoms with Crippen molar-refractivity contribution in [2.24, 2.45) is 0 Å². The Morgan fingerprint density at radius 2 is 0.905 bits per heavy atom. The van der Waals surface area contributed by atoms with Crippen LogP contribution in [0.2, 0.25) is 0 Å². The molecule has 0 aromatic carbocycles. The van der Waals surface area contributed by atoms with Crippen LogP contribution in [0.4, 0.5) is 43.9 Å². The summed E-state index contributed by atoms with van der Waals surface area (Å²) in [4.78, 5) is 0. The minimum absolute atomic E-state index is 1.07. The molecule has 0 radical (unpaired) electrons. The van der Waals surface area contributed by atoms with Gasteiger partial charge in [-0.1, -0.05) is 0 Å². The molecule has 0 aromatic rings. The van der Waals surface area contributed by atoms with E-state index in [1.165, 1.54) is 0 Å². The molecule has 0 aliphatic heterocycles. The maximum Gasteiger partial charge on any atom is 0.286 e. The summed E-state index contributed by atoms with van der Waals surface area (Å²) < 4.78 is 127. The van der Waals surface area contributed by atoms with Crippen molar-refractivity contribution in [2.45, 2.75) is 49.9 Å². The van der Waals surface area contributed by atoms with E-state index in [9.17, 15) is 43.9 Å². The second-order valence-corrected chi connectivity index (χ2v) is 4.11. The van der Waals surface area contributed by atoms with E-state index >= 15 is 0 Å². The number of alkyl halides is 10. The van der Waals surface area contributed by atoms with Gasteiger partial charge in [0, 0.05) is 12.8 Å². The zero-order valence-electron chi connectivity index (χ0n) is 10.3. The molecule has 0 N–H and O–H groups in total. The van der Waals surface area contributed by atoms with Gasteiger partial charge in [0.2, 0.25) is 12.3 Å². The van der Waals surface area contributed by atoms with Crippen LogP contribution in [0.25, 0.3) is 0 Å². The van der Waals surface area contributed by atoms with Crippen LogP contribution in [0.1, 0.15) is 12.8 Å². The topological polar surface area (TPSA) is 9.23 Å². The number of hydrogen-bond acceptors (Lipinski definition) is 1. The fraction of sp³-hybridized carbons (Fsp3) is 1.00. The summed E-state index contributed by atoms with van der Waals surface area (Å²) in [7, 11) is 0. The fourth-order valence-corrected chi connectivity index (χ4v) is 1.16. The molecule has 11 heteroatoms. The number of halogens is 10. The lowest BCUT2D eigenvalue weighted by molar-refractivity contribution is -0.149. The van der Waals surface area contributed by atoms with E-state index in [0.717, 1.165) is 0 Å². The van der Waals surface area contributed by atoms with Crippen LogP contribution in [0.3, 0.4) is 0 Å². The van der Waals surface area contributed by atoms with Gasteiger partial charge in [0.25, 0.3) is 24.7 Å². The molecule has 1 nitrogen and oxygen atoms in total. The van der Waals surface area contributed by atoms with E-state index in [0.29, 0.717) is 0 Å². The van der Waals surface area contributed by atoms with Crippen LogP contribution in [0.15, 0.2) is 0 Å². The number of hydrogen-bond donors (Lipinski definition) is 0. The third-order valence-corrected chi connectivity index (χ3v) is 2.41. The van der Waals surface area contributed by atoms with E-state index in [1.54, 1.807) is 0 Å². The second kappa shape index (κ2) is 8.04. The molecule has 0 rings (SSSR count). The van der Waals surface area contributed by atoms with Crippen LogP contribution >= 0.6 is 0 Å².